The van der Waals surface area contributed by atoms with Gasteiger partial charge in [0.05, 0.1) is 23.9 Å². The van der Waals surface area contributed by atoms with E-state index in [4.69, 9.17) is 14.2 Å². The Morgan fingerprint density at radius 1 is 1.15 bits per heavy atom. The number of fused-ring (bicyclic) bond motifs is 1. The summed E-state index contributed by atoms with van der Waals surface area (Å²) in [6.45, 7) is 0.703. The third kappa shape index (κ3) is 4.68. The van der Waals surface area contributed by atoms with Crippen LogP contribution in [0.3, 0.4) is 0 Å². The van der Waals surface area contributed by atoms with Gasteiger partial charge >= 0.3 is 0 Å². The molecule has 1 fully saturated rings. The van der Waals surface area contributed by atoms with Gasteiger partial charge in [-0.1, -0.05) is 23.5 Å². The Bertz CT molecular complexity index is 1320. The average Bonchev–Trinajstić information content (AvgIpc) is 3.57. The highest BCUT2D eigenvalue weighted by Crippen LogP contribution is 2.37. The fourth-order valence-corrected chi connectivity index (χ4v) is 4.11. The van der Waals surface area contributed by atoms with Crippen LogP contribution >= 0.6 is 11.3 Å². The molecule has 0 atom stereocenters. The Labute approximate surface area is 193 Å². The molecule has 1 aliphatic rings. The van der Waals surface area contributed by atoms with Gasteiger partial charge in [-0.25, -0.2) is 9.97 Å². The number of pyridine rings is 1. The molecular weight excluding hydrogens is 442 g/mol. The van der Waals surface area contributed by atoms with E-state index in [9.17, 15) is 9.90 Å². The number of nitrogens with zero attached hydrogens (tertiary/aromatic N) is 2. The summed E-state index contributed by atoms with van der Waals surface area (Å²) in [4.78, 5) is 21.0. The third-order valence-corrected chi connectivity index (χ3v) is 6.08. The molecular formula is C24H21N3O5S. The van der Waals surface area contributed by atoms with Crippen molar-refractivity contribution in [1.29, 1.82) is 0 Å². The van der Waals surface area contributed by atoms with E-state index in [0.717, 1.165) is 4.70 Å². The number of hydrogen-bond acceptors (Lipinski definition) is 8. The fourth-order valence-electron chi connectivity index (χ4n) is 3.22. The number of aromatic nitrogens is 2. The van der Waals surface area contributed by atoms with Crippen LogP contribution in [0.15, 0.2) is 54.7 Å². The zero-order chi connectivity index (χ0) is 22.8. The molecule has 1 saturated carbocycles. The summed E-state index contributed by atoms with van der Waals surface area (Å²) in [6, 6.07) is 14.6. The van der Waals surface area contributed by atoms with Gasteiger partial charge in [0.2, 0.25) is 0 Å². The zero-order valence-electron chi connectivity index (χ0n) is 17.8. The zero-order valence-corrected chi connectivity index (χ0v) is 18.6. The standard InChI is InChI=1S/C24H21N3O5S/c1-30-19-10-11-25-21(22(19)28)23(29)27-24-26-16-9-8-15(12-20(16)33-24)32-18-5-3-2-4-17(18)31-13-14-6-7-14/h2-5,8-12,14,28H,6-7,13H2,1H3,(H,26,27,29). The highest BCUT2D eigenvalue weighted by atomic mass is 32.1. The number of rotatable bonds is 8. The Hall–Kier alpha value is -3.85. The van der Waals surface area contributed by atoms with Crippen LogP contribution in [0.5, 0.6) is 28.7 Å². The molecule has 4 aromatic rings. The summed E-state index contributed by atoms with van der Waals surface area (Å²) in [5.74, 6) is 1.92. The smallest absolute Gasteiger partial charge is 0.280 e. The number of thiazole rings is 1. The molecule has 0 aliphatic heterocycles. The van der Waals surface area contributed by atoms with Crippen LogP contribution in [-0.4, -0.2) is 34.7 Å². The topological polar surface area (TPSA) is 103 Å². The van der Waals surface area contributed by atoms with Gasteiger partial charge in [0, 0.05) is 18.3 Å². The lowest BCUT2D eigenvalue weighted by atomic mass is 10.3. The van der Waals surface area contributed by atoms with Gasteiger partial charge in [0.15, 0.2) is 33.8 Å². The van der Waals surface area contributed by atoms with Gasteiger partial charge in [-0.15, -0.1) is 0 Å². The molecule has 0 spiro atoms. The Morgan fingerprint density at radius 2 is 1.97 bits per heavy atom. The van der Waals surface area contributed by atoms with E-state index < -0.39 is 5.91 Å². The molecule has 2 heterocycles. The Morgan fingerprint density at radius 3 is 2.76 bits per heavy atom. The van der Waals surface area contributed by atoms with Crippen LogP contribution in [-0.2, 0) is 0 Å². The summed E-state index contributed by atoms with van der Waals surface area (Å²) in [6.07, 6.45) is 3.83. The van der Waals surface area contributed by atoms with Crippen molar-refractivity contribution in [3.05, 3.63) is 60.4 Å². The molecule has 168 valence electrons. The maximum Gasteiger partial charge on any atom is 0.280 e. The van der Waals surface area contributed by atoms with Crippen LogP contribution in [0.2, 0.25) is 0 Å². The quantitative estimate of drug-likeness (QED) is 0.368. The van der Waals surface area contributed by atoms with Crippen LogP contribution in [0.1, 0.15) is 23.3 Å². The molecule has 2 N–H and O–H groups in total. The van der Waals surface area contributed by atoms with E-state index in [1.165, 1.54) is 43.6 Å². The number of methoxy groups -OCH3 is 1. The lowest BCUT2D eigenvalue weighted by Crippen LogP contribution is -2.13. The number of nitrogens with one attached hydrogen (secondary N) is 1. The fraction of sp³-hybridized carbons (Fsp3) is 0.208. The number of ether oxygens (including phenoxy) is 3. The molecule has 1 aliphatic carbocycles. The van der Waals surface area contributed by atoms with Crippen molar-refractivity contribution >= 4 is 32.6 Å². The molecule has 0 unspecified atom stereocenters. The van der Waals surface area contributed by atoms with Gasteiger partial charge < -0.3 is 19.3 Å². The van der Waals surface area contributed by atoms with Crippen LogP contribution < -0.4 is 19.5 Å². The molecule has 0 saturated heterocycles. The van der Waals surface area contributed by atoms with Gasteiger partial charge in [-0.2, -0.15) is 0 Å². The number of para-hydroxylation sites is 2. The molecule has 2 aromatic carbocycles. The molecule has 8 nitrogen and oxygen atoms in total. The van der Waals surface area contributed by atoms with Crippen molar-refractivity contribution in [3.63, 3.8) is 0 Å². The van der Waals surface area contributed by atoms with E-state index in [-0.39, 0.29) is 17.2 Å². The number of carbonyl (C=O) groups is 1. The van der Waals surface area contributed by atoms with E-state index in [1.807, 2.05) is 42.5 Å². The van der Waals surface area contributed by atoms with E-state index in [2.05, 4.69) is 15.3 Å². The summed E-state index contributed by atoms with van der Waals surface area (Å²) < 4.78 is 17.9. The summed E-state index contributed by atoms with van der Waals surface area (Å²) >= 11 is 1.29. The van der Waals surface area contributed by atoms with Crippen LogP contribution in [0.4, 0.5) is 5.13 Å². The molecule has 1 amide bonds. The van der Waals surface area contributed by atoms with E-state index in [0.29, 0.717) is 40.4 Å². The van der Waals surface area contributed by atoms with Crippen molar-refractivity contribution in [2.75, 3.05) is 19.0 Å². The first-order valence-corrected chi connectivity index (χ1v) is 11.3. The van der Waals surface area contributed by atoms with Crippen molar-refractivity contribution in [2.24, 2.45) is 5.92 Å². The van der Waals surface area contributed by atoms with Gasteiger partial charge in [-0.3, -0.25) is 10.1 Å². The van der Waals surface area contributed by atoms with Crippen molar-refractivity contribution in [3.8, 4) is 28.7 Å². The van der Waals surface area contributed by atoms with Crippen LogP contribution in [0.25, 0.3) is 10.2 Å². The van der Waals surface area contributed by atoms with Gasteiger partial charge in [0.25, 0.3) is 5.91 Å². The average molecular weight is 464 g/mol. The Kier molecular flexibility index (Phi) is 5.70. The Balaban J connectivity index is 1.33. The normalized spacial score (nSPS) is 13.0. The van der Waals surface area contributed by atoms with Gasteiger partial charge in [-0.05, 0) is 43.0 Å². The largest absolute Gasteiger partial charge is 0.503 e. The molecule has 0 radical (unpaired) electrons. The highest BCUT2D eigenvalue weighted by molar-refractivity contribution is 7.22. The second-order valence-corrected chi connectivity index (χ2v) is 8.65. The number of anilines is 1. The number of amides is 1. The van der Waals surface area contributed by atoms with Gasteiger partial charge in [0.1, 0.15) is 5.75 Å². The minimum absolute atomic E-state index is 0.138. The molecule has 0 bridgehead atoms. The summed E-state index contributed by atoms with van der Waals surface area (Å²) in [5.41, 5.74) is 0.573. The second kappa shape index (κ2) is 8.95. The first-order valence-electron chi connectivity index (χ1n) is 10.4. The predicted octanol–water partition coefficient (Wildman–Crippen LogP) is 5.24. The third-order valence-electron chi connectivity index (χ3n) is 5.15. The minimum atomic E-state index is -0.580. The predicted molar refractivity (Wildman–Crippen MR) is 125 cm³/mol. The van der Waals surface area contributed by atoms with Crippen molar-refractivity contribution in [1.82, 2.24) is 9.97 Å². The molecule has 9 heteroatoms. The highest BCUT2D eigenvalue weighted by Gasteiger charge is 2.22. The number of benzene rings is 2. The number of aromatic hydroxyl groups is 1. The lowest BCUT2D eigenvalue weighted by Gasteiger charge is -2.12. The lowest BCUT2D eigenvalue weighted by molar-refractivity contribution is 0.101. The maximum atomic E-state index is 12.6. The maximum absolute atomic E-state index is 12.6. The van der Waals surface area contributed by atoms with E-state index in [1.54, 1.807) is 0 Å². The van der Waals surface area contributed by atoms with Crippen molar-refractivity contribution in [2.45, 2.75) is 12.8 Å². The number of hydrogen-bond donors (Lipinski definition) is 2. The first-order chi connectivity index (χ1) is 16.1. The molecule has 33 heavy (non-hydrogen) atoms. The summed E-state index contributed by atoms with van der Waals surface area (Å²) in [5, 5.41) is 13.2. The van der Waals surface area contributed by atoms with Crippen molar-refractivity contribution < 1.29 is 24.1 Å². The van der Waals surface area contributed by atoms with Crippen LogP contribution in [0, 0.1) is 5.92 Å². The second-order valence-electron chi connectivity index (χ2n) is 7.62. The number of carbonyl (C=O) groups excluding carboxylic acids is 1. The molecule has 2 aromatic heterocycles. The first kappa shape index (κ1) is 21.0. The molecule has 5 rings (SSSR count). The minimum Gasteiger partial charge on any atom is -0.503 e. The summed E-state index contributed by atoms with van der Waals surface area (Å²) in [7, 11) is 1.40. The SMILES string of the molecule is COc1ccnc(C(=O)Nc2nc3ccc(Oc4ccccc4OCC4CC4)cc3s2)c1O. The monoisotopic (exact) mass is 463 g/mol. The van der Waals surface area contributed by atoms with E-state index >= 15 is 0 Å².